The van der Waals surface area contributed by atoms with Crippen molar-refractivity contribution in [3.05, 3.63) is 0 Å². The summed E-state index contributed by atoms with van der Waals surface area (Å²) in [5.74, 6) is -0.619. The number of rotatable bonds is 4. The summed E-state index contributed by atoms with van der Waals surface area (Å²) in [6.45, 7) is 6.63. The van der Waals surface area contributed by atoms with E-state index >= 15 is 0 Å². The molecule has 2 heterocycles. The summed E-state index contributed by atoms with van der Waals surface area (Å²) in [4.78, 5) is 13.8. The van der Waals surface area contributed by atoms with Crippen molar-refractivity contribution in [3.8, 4) is 0 Å². The number of likely N-dealkylation sites (tertiary alicyclic amines) is 1. The van der Waals surface area contributed by atoms with Gasteiger partial charge < -0.3 is 9.84 Å². The fourth-order valence-corrected chi connectivity index (χ4v) is 3.31. The average molecular weight is 255 g/mol. The Morgan fingerprint density at radius 1 is 1.50 bits per heavy atom. The summed E-state index contributed by atoms with van der Waals surface area (Å²) in [5.41, 5.74) is -0.500. The molecule has 2 rings (SSSR count). The van der Waals surface area contributed by atoms with Gasteiger partial charge in [-0.05, 0) is 38.6 Å². The lowest BCUT2D eigenvalue weighted by Crippen LogP contribution is -2.43. The second-order valence-corrected chi connectivity index (χ2v) is 5.74. The maximum atomic E-state index is 11.5. The molecule has 104 valence electrons. The quantitative estimate of drug-likeness (QED) is 0.836. The van der Waals surface area contributed by atoms with Crippen LogP contribution >= 0.6 is 0 Å². The number of carboxylic acids is 1. The van der Waals surface area contributed by atoms with Gasteiger partial charge in [-0.2, -0.15) is 0 Å². The molecule has 2 aliphatic rings. The van der Waals surface area contributed by atoms with E-state index in [1.807, 2.05) is 6.92 Å². The lowest BCUT2D eigenvalue weighted by Gasteiger charge is -2.36. The minimum Gasteiger partial charge on any atom is -0.481 e. The van der Waals surface area contributed by atoms with Crippen LogP contribution in [0.4, 0.5) is 0 Å². The Balaban J connectivity index is 1.97. The van der Waals surface area contributed by atoms with Gasteiger partial charge in [0.2, 0.25) is 0 Å². The predicted octanol–water partition coefficient (Wildman–Crippen LogP) is 2.13. The highest BCUT2D eigenvalue weighted by Gasteiger charge is 2.45. The van der Waals surface area contributed by atoms with Crippen molar-refractivity contribution >= 4 is 5.97 Å². The Bertz CT molecular complexity index is 307. The molecule has 4 nitrogen and oxygen atoms in total. The normalized spacial score (nSPS) is 37.9. The van der Waals surface area contributed by atoms with Crippen LogP contribution in [0.5, 0.6) is 0 Å². The van der Waals surface area contributed by atoms with Crippen molar-refractivity contribution in [2.45, 2.75) is 58.1 Å². The van der Waals surface area contributed by atoms with E-state index in [1.54, 1.807) is 0 Å². The molecule has 3 atom stereocenters. The standard InChI is InChI=1S/C14H25NO3/c1-3-12-9-11(5-8-18-12)15-7-6-14(4-2,10-15)13(16)17/h11-12H,3-10H2,1-2H3,(H,16,17). The van der Waals surface area contributed by atoms with Crippen molar-refractivity contribution in [1.29, 1.82) is 0 Å². The first-order valence-corrected chi connectivity index (χ1v) is 7.20. The number of hydrogen-bond acceptors (Lipinski definition) is 3. The van der Waals surface area contributed by atoms with E-state index in [1.165, 1.54) is 0 Å². The molecule has 0 aliphatic carbocycles. The Kier molecular flexibility index (Phi) is 4.28. The van der Waals surface area contributed by atoms with Gasteiger partial charge >= 0.3 is 5.97 Å². The Morgan fingerprint density at radius 3 is 2.83 bits per heavy atom. The maximum Gasteiger partial charge on any atom is 0.310 e. The van der Waals surface area contributed by atoms with Gasteiger partial charge in [-0.15, -0.1) is 0 Å². The number of hydrogen-bond donors (Lipinski definition) is 1. The summed E-state index contributed by atoms with van der Waals surface area (Å²) in [5, 5.41) is 9.43. The van der Waals surface area contributed by atoms with E-state index in [4.69, 9.17) is 4.74 Å². The van der Waals surface area contributed by atoms with Crippen LogP contribution in [0.3, 0.4) is 0 Å². The highest BCUT2D eigenvalue weighted by atomic mass is 16.5. The first-order valence-electron chi connectivity index (χ1n) is 7.20. The SMILES string of the molecule is CCC1CC(N2CCC(CC)(C(=O)O)C2)CCO1. The second kappa shape index (κ2) is 5.57. The van der Waals surface area contributed by atoms with E-state index in [-0.39, 0.29) is 0 Å². The lowest BCUT2D eigenvalue weighted by molar-refractivity contribution is -0.148. The third-order valence-corrected chi connectivity index (χ3v) is 4.83. The molecule has 3 unspecified atom stereocenters. The first kappa shape index (κ1) is 13.8. The monoisotopic (exact) mass is 255 g/mol. The van der Waals surface area contributed by atoms with Gasteiger partial charge in [0.05, 0.1) is 11.5 Å². The van der Waals surface area contributed by atoms with Crippen LogP contribution in [0.25, 0.3) is 0 Å². The largest absolute Gasteiger partial charge is 0.481 e. The minimum atomic E-state index is -0.619. The van der Waals surface area contributed by atoms with Crippen molar-refractivity contribution < 1.29 is 14.6 Å². The molecule has 18 heavy (non-hydrogen) atoms. The van der Waals surface area contributed by atoms with E-state index in [2.05, 4.69) is 11.8 Å². The number of carbonyl (C=O) groups is 1. The molecule has 0 amide bonds. The van der Waals surface area contributed by atoms with E-state index in [0.29, 0.717) is 12.1 Å². The fourth-order valence-electron chi connectivity index (χ4n) is 3.31. The lowest BCUT2D eigenvalue weighted by atomic mass is 9.84. The van der Waals surface area contributed by atoms with Crippen LogP contribution < -0.4 is 0 Å². The van der Waals surface area contributed by atoms with Crippen LogP contribution in [0, 0.1) is 5.41 Å². The highest BCUT2D eigenvalue weighted by molar-refractivity contribution is 5.75. The summed E-state index contributed by atoms with van der Waals surface area (Å²) >= 11 is 0. The van der Waals surface area contributed by atoms with Crippen LogP contribution in [-0.2, 0) is 9.53 Å². The van der Waals surface area contributed by atoms with Crippen molar-refractivity contribution in [2.24, 2.45) is 5.41 Å². The van der Waals surface area contributed by atoms with Crippen LogP contribution in [0.15, 0.2) is 0 Å². The topological polar surface area (TPSA) is 49.8 Å². The number of carboxylic acid groups (broad SMARTS) is 1. The van der Waals surface area contributed by atoms with Gasteiger partial charge in [0.25, 0.3) is 0 Å². The van der Waals surface area contributed by atoms with Crippen LogP contribution in [-0.4, -0.2) is 47.8 Å². The zero-order valence-electron chi connectivity index (χ0n) is 11.5. The second-order valence-electron chi connectivity index (χ2n) is 5.74. The van der Waals surface area contributed by atoms with Crippen LogP contribution in [0.2, 0.25) is 0 Å². The fraction of sp³-hybridized carbons (Fsp3) is 0.929. The summed E-state index contributed by atoms with van der Waals surface area (Å²) in [7, 11) is 0. The molecule has 0 aromatic carbocycles. The highest BCUT2D eigenvalue weighted by Crippen LogP contribution is 2.37. The van der Waals surface area contributed by atoms with Crippen molar-refractivity contribution in [2.75, 3.05) is 19.7 Å². The maximum absolute atomic E-state index is 11.5. The van der Waals surface area contributed by atoms with E-state index < -0.39 is 11.4 Å². The molecule has 2 fully saturated rings. The summed E-state index contributed by atoms with van der Waals surface area (Å²) < 4.78 is 5.70. The molecular formula is C14H25NO3. The Labute approximate surface area is 109 Å². The van der Waals surface area contributed by atoms with Gasteiger partial charge in [-0.3, -0.25) is 9.69 Å². The predicted molar refractivity (Wildman–Crippen MR) is 69.6 cm³/mol. The van der Waals surface area contributed by atoms with Gasteiger partial charge in [0.15, 0.2) is 0 Å². The zero-order chi connectivity index (χ0) is 13.2. The van der Waals surface area contributed by atoms with Gasteiger partial charge in [-0.25, -0.2) is 0 Å². The molecular weight excluding hydrogens is 230 g/mol. The number of ether oxygens (including phenoxy) is 1. The van der Waals surface area contributed by atoms with E-state index in [0.717, 1.165) is 51.8 Å². The Morgan fingerprint density at radius 2 is 2.28 bits per heavy atom. The molecule has 0 saturated carbocycles. The zero-order valence-corrected chi connectivity index (χ0v) is 11.5. The molecule has 0 spiro atoms. The molecule has 0 bridgehead atoms. The molecule has 0 aromatic rings. The molecule has 1 N–H and O–H groups in total. The van der Waals surface area contributed by atoms with Crippen LogP contribution in [0.1, 0.15) is 46.0 Å². The van der Waals surface area contributed by atoms with Crippen molar-refractivity contribution in [1.82, 2.24) is 4.90 Å². The summed E-state index contributed by atoms with van der Waals surface area (Å²) in [6, 6.07) is 0.525. The molecule has 2 saturated heterocycles. The smallest absolute Gasteiger partial charge is 0.310 e. The van der Waals surface area contributed by atoms with Gasteiger partial charge in [0.1, 0.15) is 0 Å². The first-order chi connectivity index (χ1) is 8.61. The third kappa shape index (κ3) is 2.54. The Hall–Kier alpha value is -0.610. The summed E-state index contributed by atoms with van der Waals surface area (Å²) in [6.07, 6.45) is 5.07. The van der Waals surface area contributed by atoms with Gasteiger partial charge in [0, 0.05) is 19.2 Å². The minimum absolute atomic E-state index is 0.366. The van der Waals surface area contributed by atoms with E-state index in [9.17, 15) is 9.90 Å². The number of aliphatic carboxylic acids is 1. The average Bonchev–Trinajstić information content (AvgIpc) is 2.84. The molecule has 0 radical (unpaired) electrons. The molecule has 4 heteroatoms. The third-order valence-electron chi connectivity index (χ3n) is 4.83. The molecule has 0 aromatic heterocycles. The molecule has 2 aliphatic heterocycles. The van der Waals surface area contributed by atoms with Gasteiger partial charge in [-0.1, -0.05) is 13.8 Å². The number of nitrogens with zero attached hydrogens (tertiary/aromatic N) is 1. The van der Waals surface area contributed by atoms with Crippen molar-refractivity contribution in [3.63, 3.8) is 0 Å².